The normalized spacial score (nSPS) is 20.5. The fourth-order valence-corrected chi connectivity index (χ4v) is 2.27. The summed E-state index contributed by atoms with van der Waals surface area (Å²) >= 11 is 0. The molecule has 19 heavy (non-hydrogen) atoms. The van der Waals surface area contributed by atoms with E-state index in [1.807, 2.05) is 6.92 Å². The van der Waals surface area contributed by atoms with Gasteiger partial charge in [0.1, 0.15) is 17.7 Å². The Kier molecular flexibility index (Phi) is 4.61. The van der Waals surface area contributed by atoms with Gasteiger partial charge in [-0.1, -0.05) is 13.0 Å². The van der Waals surface area contributed by atoms with Crippen molar-refractivity contribution in [2.45, 2.75) is 19.4 Å². The Bertz CT molecular complexity index is 443. The summed E-state index contributed by atoms with van der Waals surface area (Å²) in [5.74, 6) is -2.28. The molecule has 0 radical (unpaired) electrons. The number of hydrogen-bond acceptors (Lipinski definition) is 3. The zero-order valence-corrected chi connectivity index (χ0v) is 10.9. The molecule has 0 bridgehead atoms. The van der Waals surface area contributed by atoms with Gasteiger partial charge in [-0.05, 0) is 25.1 Å². The molecular formula is C14H17F2NO2. The van der Waals surface area contributed by atoms with E-state index in [-0.39, 0.29) is 0 Å². The maximum atomic E-state index is 13.6. The maximum absolute atomic E-state index is 13.6. The number of nitrogens with zero attached hydrogens (tertiary/aromatic N) is 1. The lowest BCUT2D eigenvalue weighted by molar-refractivity contribution is -0.0167. The fraction of sp³-hybridized carbons (Fsp3) is 0.500. The highest BCUT2D eigenvalue weighted by molar-refractivity contribution is 6.00. The predicted octanol–water partition coefficient (Wildman–Crippen LogP) is 2.26. The van der Waals surface area contributed by atoms with Crippen molar-refractivity contribution in [1.82, 2.24) is 4.90 Å². The molecule has 1 aliphatic heterocycles. The van der Waals surface area contributed by atoms with Gasteiger partial charge in [0, 0.05) is 13.1 Å². The van der Waals surface area contributed by atoms with Crippen molar-refractivity contribution < 1.29 is 18.3 Å². The molecule has 0 amide bonds. The first kappa shape index (κ1) is 14.1. The Balaban J connectivity index is 2.15. The van der Waals surface area contributed by atoms with Crippen LogP contribution in [0.4, 0.5) is 8.78 Å². The lowest BCUT2D eigenvalue weighted by Crippen LogP contribution is -2.46. The summed E-state index contributed by atoms with van der Waals surface area (Å²) in [4.78, 5) is 14.2. The molecule has 1 unspecified atom stereocenters. The highest BCUT2D eigenvalue weighted by atomic mass is 19.1. The monoisotopic (exact) mass is 269 g/mol. The number of ether oxygens (including phenoxy) is 1. The van der Waals surface area contributed by atoms with Crippen LogP contribution in [-0.4, -0.2) is 43.0 Å². The van der Waals surface area contributed by atoms with Crippen molar-refractivity contribution in [3.05, 3.63) is 35.4 Å². The number of halogens is 2. The number of benzene rings is 1. The van der Waals surface area contributed by atoms with E-state index in [9.17, 15) is 13.6 Å². The molecule has 0 N–H and O–H groups in total. The van der Waals surface area contributed by atoms with Crippen LogP contribution in [0.2, 0.25) is 0 Å². The topological polar surface area (TPSA) is 29.5 Å². The zero-order valence-electron chi connectivity index (χ0n) is 10.9. The van der Waals surface area contributed by atoms with Crippen LogP contribution < -0.4 is 0 Å². The third-order valence-corrected chi connectivity index (χ3v) is 3.19. The maximum Gasteiger partial charge on any atom is 0.198 e. The van der Waals surface area contributed by atoms with Crippen LogP contribution in [0.3, 0.4) is 0 Å². The minimum absolute atomic E-state index is 0.389. The van der Waals surface area contributed by atoms with Gasteiger partial charge in [-0.3, -0.25) is 9.69 Å². The number of ketones is 1. The van der Waals surface area contributed by atoms with E-state index in [4.69, 9.17) is 4.74 Å². The highest BCUT2D eigenvalue weighted by Gasteiger charge is 2.30. The van der Waals surface area contributed by atoms with E-state index in [1.165, 1.54) is 6.07 Å². The van der Waals surface area contributed by atoms with Gasteiger partial charge in [0.2, 0.25) is 0 Å². The van der Waals surface area contributed by atoms with Gasteiger partial charge in [0.05, 0.1) is 12.2 Å². The largest absolute Gasteiger partial charge is 0.367 e. The van der Waals surface area contributed by atoms with E-state index in [2.05, 4.69) is 4.90 Å². The Hall–Kier alpha value is -1.33. The predicted molar refractivity (Wildman–Crippen MR) is 67.2 cm³/mol. The summed E-state index contributed by atoms with van der Waals surface area (Å²) < 4.78 is 32.5. The fourth-order valence-electron chi connectivity index (χ4n) is 2.27. The van der Waals surface area contributed by atoms with Crippen molar-refractivity contribution in [3.63, 3.8) is 0 Å². The molecule has 3 nitrogen and oxygen atoms in total. The van der Waals surface area contributed by atoms with Crippen LogP contribution in [-0.2, 0) is 4.74 Å². The second kappa shape index (κ2) is 6.21. The smallest absolute Gasteiger partial charge is 0.198 e. The number of hydrogen-bond donors (Lipinski definition) is 0. The lowest BCUT2D eigenvalue weighted by atomic mass is 10.0. The number of carbonyl (C=O) groups is 1. The van der Waals surface area contributed by atoms with E-state index < -0.39 is 29.1 Å². The molecule has 1 atom stereocenters. The first-order valence-electron chi connectivity index (χ1n) is 6.45. The van der Waals surface area contributed by atoms with Crippen LogP contribution in [0.25, 0.3) is 0 Å². The average Bonchev–Trinajstić information content (AvgIpc) is 2.39. The first-order chi connectivity index (χ1) is 9.13. The summed E-state index contributed by atoms with van der Waals surface area (Å²) in [5, 5.41) is 0. The van der Waals surface area contributed by atoms with Gasteiger partial charge in [0.15, 0.2) is 5.78 Å². The summed E-state index contributed by atoms with van der Waals surface area (Å²) in [7, 11) is 0. The molecule has 2 rings (SSSR count). The third kappa shape index (κ3) is 3.16. The minimum atomic E-state index is -0.832. The van der Waals surface area contributed by atoms with Crippen LogP contribution in [0.5, 0.6) is 0 Å². The van der Waals surface area contributed by atoms with E-state index in [0.29, 0.717) is 13.2 Å². The molecule has 0 aromatic heterocycles. The Labute approximate surface area is 111 Å². The minimum Gasteiger partial charge on any atom is -0.367 e. The number of rotatable bonds is 4. The molecule has 0 saturated carbocycles. The SMILES string of the molecule is CCCN1CCOC(C(=O)c2c(F)cccc2F)C1. The Morgan fingerprint density at radius 2 is 2.11 bits per heavy atom. The van der Waals surface area contributed by atoms with E-state index >= 15 is 0 Å². The summed E-state index contributed by atoms with van der Waals surface area (Å²) in [5.41, 5.74) is -0.495. The van der Waals surface area contributed by atoms with Gasteiger partial charge < -0.3 is 4.74 Å². The molecule has 104 valence electrons. The van der Waals surface area contributed by atoms with Gasteiger partial charge in [-0.15, -0.1) is 0 Å². The molecule has 1 saturated heterocycles. The van der Waals surface area contributed by atoms with Gasteiger partial charge >= 0.3 is 0 Å². The Morgan fingerprint density at radius 3 is 2.74 bits per heavy atom. The van der Waals surface area contributed by atoms with Crippen LogP contribution >= 0.6 is 0 Å². The number of morpholine rings is 1. The molecule has 1 aromatic carbocycles. The van der Waals surface area contributed by atoms with Crippen molar-refractivity contribution in [2.24, 2.45) is 0 Å². The molecule has 5 heteroatoms. The molecule has 1 aliphatic rings. The second-order valence-corrected chi connectivity index (χ2v) is 4.62. The number of carbonyl (C=O) groups excluding carboxylic acids is 1. The molecule has 1 heterocycles. The van der Waals surface area contributed by atoms with E-state index in [0.717, 1.165) is 31.6 Å². The summed E-state index contributed by atoms with van der Waals surface area (Å²) in [6.45, 7) is 4.44. The van der Waals surface area contributed by atoms with Gasteiger partial charge in [0.25, 0.3) is 0 Å². The van der Waals surface area contributed by atoms with Gasteiger partial charge in [-0.2, -0.15) is 0 Å². The molecule has 1 aromatic rings. The lowest BCUT2D eigenvalue weighted by Gasteiger charge is -2.31. The third-order valence-electron chi connectivity index (χ3n) is 3.19. The quantitative estimate of drug-likeness (QED) is 0.785. The van der Waals surface area contributed by atoms with E-state index in [1.54, 1.807) is 0 Å². The molecule has 0 aliphatic carbocycles. The average molecular weight is 269 g/mol. The number of Topliss-reactive ketones (excluding diaryl/α,β-unsaturated/α-hetero) is 1. The molecule has 1 fully saturated rings. The molecule has 0 spiro atoms. The van der Waals surface area contributed by atoms with Crippen LogP contribution in [0, 0.1) is 11.6 Å². The standard InChI is InChI=1S/C14H17F2NO2/c1-2-6-17-7-8-19-12(9-17)14(18)13-10(15)4-3-5-11(13)16/h3-5,12H,2,6-9H2,1H3. The van der Waals surface area contributed by atoms with Crippen molar-refractivity contribution in [1.29, 1.82) is 0 Å². The summed E-state index contributed by atoms with van der Waals surface area (Å²) in [6.07, 6.45) is 0.182. The highest BCUT2D eigenvalue weighted by Crippen LogP contribution is 2.18. The molecular weight excluding hydrogens is 252 g/mol. The van der Waals surface area contributed by atoms with Crippen molar-refractivity contribution >= 4 is 5.78 Å². The zero-order chi connectivity index (χ0) is 13.8. The summed E-state index contributed by atoms with van der Waals surface area (Å²) in [6, 6.07) is 3.42. The van der Waals surface area contributed by atoms with Gasteiger partial charge in [-0.25, -0.2) is 8.78 Å². The van der Waals surface area contributed by atoms with Crippen molar-refractivity contribution in [3.8, 4) is 0 Å². The van der Waals surface area contributed by atoms with Crippen LogP contribution in [0.1, 0.15) is 23.7 Å². The Morgan fingerprint density at radius 1 is 1.42 bits per heavy atom. The van der Waals surface area contributed by atoms with Crippen LogP contribution in [0.15, 0.2) is 18.2 Å². The second-order valence-electron chi connectivity index (χ2n) is 4.62. The first-order valence-corrected chi connectivity index (χ1v) is 6.45. The van der Waals surface area contributed by atoms with Crippen molar-refractivity contribution in [2.75, 3.05) is 26.2 Å².